The number of thiophene rings is 1. The van der Waals surface area contributed by atoms with E-state index in [4.69, 9.17) is 9.97 Å². The molecule has 0 saturated heterocycles. The molecule has 0 aliphatic carbocycles. The van der Waals surface area contributed by atoms with Crippen molar-refractivity contribution in [3.63, 3.8) is 0 Å². The van der Waals surface area contributed by atoms with E-state index in [0.717, 1.165) is 44.8 Å². The molecule has 0 aliphatic rings. The molecule has 51 heavy (non-hydrogen) atoms. The highest BCUT2D eigenvalue weighted by atomic mass is 32.1. The number of nitrogens with zero attached hydrogens (tertiary/aromatic N) is 4. The van der Waals surface area contributed by atoms with E-state index < -0.39 is 0 Å². The summed E-state index contributed by atoms with van der Waals surface area (Å²) >= 11 is 1.83. The second-order valence-corrected chi connectivity index (χ2v) is 14.1. The highest BCUT2D eigenvalue weighted by Crippen LogP contribution is 2.43. The van der Waals surface area contributed by atoms with Crippen LogP contribution < -0.4 is 0 Å². The van der Waals surface area contributed by atoms with Crippen molar-refractivity contribution in [1.29, 1.82) is 0 Å². The van der Waals surface area contributed by atoms with Crippen LogP contribution in [-0.2, 0) is 0 Å². The Labute approximate surface area is 297 Å². The fraction of sp³-hybridized carbons (Fsp3) is 0. The molecule has 11 rings (SSSR count). The minimum absolute atomic E-state index is 0.645. The van der Waals surface area contributed by atoms with E-state index in [2.05, 4.69) is 179 Å². The summed E-state index contributed by atoms with van der Waals surface area (Å²) in [5, 5.41) is 7.22. The summed E-state index contributed by atoms with van der Waals surface area (Å²) in [6.45, 7) is 0. The van der Waals surface area contributed by atoms with Gasteiger partial charge in [-0.15, -0.1) is 11.3 Å². The molecule has 11 aromatic rings. The zero-order chi connectivity index (χ0) is 33.5. The minimum atomic E-state index is 0.645. The normalized spacial score (nSPS) is 11.9. The average Bonchev–Trinajstić information content (AvgIpc) is 3.86. The predicted molar refractivity (Wildman–Crippen MR) is 214 cm³/mol. The summed E-state index contributed by atoms with van der Waals surface area (Å²) in [6.07, 6.45) is 0. The van der Waals surface area contributed by atoms with Gasteiger partial charge in [0.1, 0.15) is 0 Å². The molecule has 0 fully saturated rings. The molecule has 0 radical (unpaired) electrons. The van der Waals surface area contributed by atoms with Crippen LogP contribution >= 0.6 is 11.3 Å². The van der Waals surface area contributed by atoms with Crippen molar-refractivity contribution >= 4 is 75.1 Å². The number of hydrogen-bond donors (Lipinski definition) is 0. The van der Waals surface area contributed by atoms with Gasteiger partial charge in [0.15, 0.2) is 0 Å². The van der Waals surface area contributed by atoms with Crippen LogP contribution in [0.15, 0.2) is 170 Å². The Hall–Kier alpha value is -6.56. The Morgan fingerprint density at radius 3 is 1.73 bits per heavy atom. The van der Waals surface area contributed by atoms with E-state index >= 15 is 0 Å². The summed E-state index contributed by atoms with van der Waals surface area (Å²) in [5.41, 5.74) is 9.51. The van der Waals surface area contributed by atoms with Gasteiger partial charge in [-0.05, 0) is 42.5 Å². The fourth-order valence-corrected chi connectivity index (χ4v) is 9.10. The third-order valence-electron chi connectivity index (χ3n) is 10.1. The van der Waals surface area contributed by atoms with Gasteiger partial charge < -0.3 is 4.57 Å². The lowest BCUT2D eigenvalue weighted by Crippen LogP contribution is -2.05. The highest BCUT2D eigenvalue weighted by molar-refractivity contribution is 7.25. The largest absolute Gasteiger partial charge is 0.307 e. The quantitative estimate of drug-likeness (QED) is 0.187. The number of aromatic nitrogens is 4. The minimum Gasteiger partial charge on any atom is -0.307 e. The Morgan fingerprint density at radius 1 is 0.412 bits per heavy atom. The van der Waals surface area contributed by atoms with E-state index in [1.54, 1.807) is 0 Å². The first-order valence-corrected chi connectivity index (χ1v) is 18.0. The van der Waals surface area contributed by atoms with Gasteiger partial charge in [-0.3, -0.25) is 4.57 Å². The molecule has 0 aliphatic heterocycles. The second kappa shape index (κ2) is 11.0. The molecule has 0 amide bonds. The third-order valence-corrected chi connectivity index (χ3v) is 11.3. The van der Waals surface area contributed by atoms with Crippen LogP contribution in [0, 0.1) is 0 Å². The van der Waals surface area contributed by atoms with Gasteiger partial charge in [0.25, 0.3) is 0 Å². The monoisotopic (exact) mass is 668 g/mol. The molecular weight excluding hydrogens is 641 g/mol. The molecule has 4 nitrogen and oxygen atoms in total. The predicted octanol–water partition coefficient (Wildman–Crippen LogP) is 12.4. The van der Waals surface area contributed by atoms with Gasteiger partial charge in [0, 0.05) is 58.5 Å². The Balaban J connectivity index is 1.31. The van der Waals surface area contributed by atoms with Crippen molar-refractivity contribution in [3.05, 3.63) is 170 Å². The number of para-hydroxylation sites is 3. The number of fused-ring (bicyclic) bond motifs is 10. The summed E-state index contributed by atoms with van der Waals surface area (Å²) in [7, 11) is 0. The van der Waals surface area contributed by atoms with Crippen molar-refractivity contribution in [2.75, 3.05) is 0 Å². The van der Waals surface area contributed by atoms with E-state index in [0.29, 0.717) is 5.95 Å². The number of benzene rings is 7. The molecule has 5 heteroatoms. The second-order valence-electron chi connectivity index (χ2n) is 13.0. The van der Waals surface area contributed by atoms with Crippen molar-refractivity contribution in [2.24, 2.45) is 0 Å². The first kappa shape index (κ1) is 28.3. The molecule has 0 N–H and O–H groups in total. The average molecular weight is 669 g/mol. The molecule has 238 valence electrons. The zero-order valence-corrected chi connectivity index (χ0v) is 28.2. The van der Waals surface area contributed by atoms with E-state index in [1.807, 2.05) is 11.3 Å². The summed E-state index contributed by atoms with van der Waals surface area (Å²) in [5.74, 6) is 0.645. The van der Waals surface area contributed by atoms with Crippen LogP contribution in [0.4, 0.5) is 0 Å². The molecule has 0 atom stereocenters. The van der Waals surface area contributed by atoms with Crippen LogP contribution in [-0.4, -0.2) is 19.1 Å². The topological polar surface area (TPSA) is 35.6 Å². The smallest absolute Gasteiger partial charge is 0.235 e. The zero-order valence-electron chi connectivity index (χ0n) is 27.4. The fourth-order valence-electron chi connectivity index (χ4n) is 7.97. The van der Waals surface area contributed by atoms with E-state index in [9.17, 15) is 0 Å². The lowest BCUT2D eigenvalue weighted by Gasteiger charge is -2.14. The van der Waals surface area contributed by atoms with Gasteiger partial charge in [0.05, 0.1) is 33.5 Å². The molecule has 4 heterocycles. The molecule has 0 spiro atoms. The summed E-state index contributed by atoms with van der Waals surface area (Å²) < 4.78 is 7.23. The van der Waals surface area contributed by atoms with Crippen LogP contribution in [0.1, 0.15) is 0 Å². The lowest BCUT2D eigenvalue weighted by molar-refractivity contribution is 0.995. The Morgan fingerprint density at radius 2 is 0.980 bits per heavy atom. The van der Waals surface area contributed by atoms with E-state index in [1.165, 1.54) is 47.2 Å². The molecule has 4 aromatic heterocycles. The molecule has 0 bridgehead atoms. The maximum Gasteiger partial charge on any atom is 0.235 e. The van der Waals surface area contributed by atoms with Gasteiger partial charge in [-0.2, -0.15) is 0 Å². The number of hydrogen-bond acceptors (Lipinski definition) is 3. The van der Waals surface area contributed by atoms with Crippen LogP contribution in [0.2, 0.25) is 0 Å². The van der Waals surface area contributed by atoms with Gasteiger partial charge in [-0.25, -0.2) is 9.97 Å². The van der Waals surface area contributed by atoms with Crippen molar-refractivity contribution < 1.29 is 0 Å². The van der Waals surface area contributed by atoms with Crippen molar-refractivity contribution in [1.82, 2.24) is 19.1 Å². The molecular formula is C46H28N4S. The Kier molecular flexibility index (Phi) is 6.09. The SMILES string of the molecule is c1ccc(-c2cc(-c3cccc4sc5ccccc5c34)nc(-n3c4ccccc4c4ccc5c6ccccc6n(-c6ccccc6)c5c43)n2)cc1. The van der Waals surface area contributed by atoms with Gasteiger partial charge in [0.2, 0.25) is 5.95 Å². The van der Waals surface area contributed by atoms with Crippen LogP contribution in [0.5, 0.6) is 0 Å². The number of rotatable bonds is 4. The Bertz CT molecular complexity index is 3130. The standard InChI is InChI=1S/C46H28N4S/c1-3-14-29(15-4-1)37-28-38(35-21-13-25-42-43(35)36-20-9-12-24-41(36)51-42)48-46(47-37)50-40-23-11-8-19-32(40)34-27-26-33-31-18-7-10-22-39(31)49(44(33)45(34)50)30-16-5-2-6-17-30/h1-28H. The first-order valence-electron chi connectivity index (χ1n) is 17.2. The van der Waals surface area contributed by atoms with Gasteiger partial charge >= 0.3 is 0 Å². The molecule has 7 aromatic carbocycles. The summed E-state index contributed by atoms with van der Waals surface area (Å²) in [4.78, 5) is 10.9. The van der Waals surface area contributed by atoms with Crippen molar-refractivity contribution in [2.45, 2.75) is 0 Å². The molecule has 0 saturated carbocycles. The maximum absolute atomic E-state index is 5.52. The van der Waals surface area contributed by atoms with Crippen LogP contribution in [0.3, 0.4) is 0 Å². The van der Waals surface area contributed by atoms with Crippen molar-refractivity contribution in [3.8, 4) is 34.2 Å². The third kappa shape index (κ3) is 4.19. The van der Waals surface area contributed by atoms with Gasteiger partial charge in [-0.1, -0.05) is 127 Å². The van der Waals surface area contributed by atoms with Crippen LogP contribution in [0.25, 0.3) is 97.9 Å². The highest BCUT2D eigenvalue weighted by Gasteiger charge is 2.23. The maximum atomic E-state index is 5.52. The van der Waals surface area contributed by atoms with E-state index in [-0.39, 0.29) is 0 Å². The first-order chi connectivity index (χ1) is 25.3. The lowest BCUT2D eigenvalue weighted by atomic mass is 10.0. The molecule has 0 unspecified atom stereocenters. The summed E-state index contributed by atoms with van der Waals surface area (Å²) in [6, 6.07) is 60.5.